The van der Waals surface area contributed by atoms with Gasteiger partial charge in [-0.1, -0.05) is 0 Å². The topological polar surface area (TPSA) is 9.23 Å². The molecule has 2 unspecified atom stereocenters. The molecule has 2 saturated carbocycles. The van der Waals surface area contributed by atoms with E-state index in [1.54, 1.807) is 0 Å². The van der Waals surface area contributed by atoms with Crippen LogP contribution in [0.15, 0.2) is 0 Å². The van der Waals surface area contributed by atoms with E-state index >= 15 is 0 Å². The quantitative estimate of drug-likeness (QED) is 0.662. The van der Waals surface area contributed by atoms with Gasteiger partial charge in [0.05, 0.1) is 0 Å². The summed E-state index contributed by atoms with van der Waals surface area (Å²) in [5.74, 6) is 2.81. The van der Waals surface area contributed by atoms with Gasteiger partial charge in [-0.3, -0.25) is 0 Å². The molecular formula is C17H32OSe. The van der Waals surface area contributed by atoms with E-state index in [1.807, 2.05) is 7.11 Å². The van der Waals surface area contributed by atoms with E-state index < -0.39 is 0 Å². The normalized spacial score (nSPS) is 43.9. The molecule has 112 valence electrons. The summed E-state index contributed by atoms with van der Waals surface area (Å²) in [6.07, 6.45) is 8.50. The van der Waals surface area contributed by atoms with Crippen molar-refractivity contribution in [3.05, 3.63) is 0 Å². The van der Waals surface area contributed by atoms with Crippen LogP contribution in [0, 0.1) is 17.8 Å². The van der Waals surface area contributed by atoms with Gasteiger partial charge in [-0.15, -0.1) is 0 Å². The molecule has 0 aromatic heterocycles. The van der Waals surface area contributed by atoms with Crippen molar-refractivity contribution in [3.63, 3.8) is 0 Å². The molecule has 0 aromatic carbocycles. The summed E-state index contributed by atoms with van der Waals surface area (Å²) in [5, 5.41) is 0. The molecule has 2 aliphatic rings. The summed E-state index contributed by atoms with van der Waals surface area (Å²) in [6, 6.07) is 0. The Balaban J connectivity index is 2.02. The van der Waals surface area contributed by atoms with Crippen molar-refractivity contribution in [1.29, 1.82) is 0 Å². The minimum absolute atomic E-state index is 0.197. The molecule has 0 amide bonds. The first-order valence-electron chi connectivity index (χ1n) is 8.17. The zero-order valence-electron chi connectivity index (χ0n) is 13.4. The molecule has 2 fully saturated rings. The maximum absolute atomic E-state index is 5.89. The van der Waals surface area contributed by atoms with Crippen LogP contribution in [0.3, 0.4) is 0 Å². The molecule has 1 nitrogen and oxygen atoms in total. The third-order valence-corrected chi connectivity index (χ3v) is 9.69. The van der Waals surface area contributed by atoms with Crippen LogP contribution in [0.2, 0.25) is 9.63 Å². The zero-order chi connectivity index (χ0) is 14.0. The van der Waals surface area contributed by atoms with E-state index in [1.165, 1.54) is 38.5 Å². The predicted molar refractivity (Wildman–Crippen MR) is 83.9 cm³/mol. The number of hydrogen-bond acceptors (Lipinski definition) is 1. The Kier molecular flexibility index (Phi) is 5.42. The molecule has 0 aliphatic heterocycles. The van der Waals surface area contributed by atoms with Gasteiger partial charge in [0.15, 0.2) is 0 Å². The van der Waals surface area contributed by atoms with Crippen molar-refractivity contribution in [3.8, 4) is 0 Å². The Morgan fingerprint density at radius 3 is 2.58 bits per heavy atom. The Bertz CT molecular complexity index is 291. The van der Waals surface area contributed by atoms with E-state index in [4.69, 9.17) is 4.74 Å². The molecule has 2 heteroatoms. The summed E-state index contributed by atoms with van der Waals surface area (Å²) in [6.45, 7) is 9.70. The number of rotatable bonds is 4. The standard InChI is InChI=1S/C17H32OSe/c1-12(2)14-9-8-13(3)11-15(14)19-16-7-6-10-17(16,4)18-5/h12-16H,6-11H2,1-5H3/t13-,14+,15+,16?,17?/m1/s1. The summed E-state index contributed by atoms with van der Waals surface area (Å²) in [4.78, 5) is 1.87. The Hall–Kier alpha value is 0.479. The van der Waals surface area contributed by atoms with Crippen LogP contribution in [0.4, 0.5) is 0 Å². The predicted octanol–water partition coefficient (Wildman–Crippen LogP) is 4.95. The van der Waals surface area contributed by atoms with Crippen molar-refractivity contribution in [2.45, 2.75) is 81.5 Å². The van der Waals surface area contributed by atoms with E-state index in [-0.39, 0.29) is 5.60 Å². The molecule has 0 spiro atoms. The first-order valence-corrected chi connectivity index (χ1v) is 10.1. The summed E-state index contributed by atoms with van der Waals surface area (Å²) < 4.78 is 5.89. The van der Waals surface area contributed by atoms with Gasteiger partial charge in [0.2, 0.25) is 0 Å². The van der Waals surface area contributed by atoms with Gasteiger partial charge < -0.3 is 0 Å². The first-order chi connectivity index (χ1) is 8.96. The second-order valence-corrected chi connectivity index (χ2v) is 10.4. The third-order valence-electron chi connectivity index (χ3n) is 5.59. The van der Waals surface area contributed by atoms with Crippen LogP contribution in [0.1, 0.15) is 66.2 Å². The first kappa shape index (κ1) is 15.9. The maximum atomic E-state index is 5.89. The van der Waals surface area contributed by atoms with Crippen molar-refractivity contribution in [1.82, 2.24) is 0 Å². The van der Waals surface area contributed by atoms with Crippen molar-refractivity contribution >= 4 is 15.0 Å². The molecule has 0 heterocycles. The molecule has 19 heavy (non-hydrogen) atoms. The molecule has 0 saturated heterocycles. The van der Waals surface area contributed by atoms with Crippen LogP contribution in [0.25, 0.3) is 0 Å². The van der Waals surface area contributed by atoms with Crippen LogP contribution in [-0.4, -0.2) is 27.7 Å². The van der Waals surface area contributed by atoms with Crippen LogP contribution in [0.5, 0.6) is 0 Å². The molecule has 0 N–H and O–H groups in total. The van der Waals surface area contributed by atoms with Gasteiger partial charge in [-0.05, 0) is 0 Å². The van der Waals surface area contributed by atoms with E-state index in [0.29, 0.717) is 0 Å². The van der Waals surface area contributed by atoms with Crippen molar-refractivity contribution in [2.24, 2.45) is 17.8 Å². The number of hydrogen-bond donors (Lipinski definition) is 0. The van der Waals surface area contributed by atoms with Gasteiger partial charge in [0.1, 0.15) is 0 Å². The molecule has 2 aliphatic carbocycles. The molecule has 5 atom stereocenters. The fourth-order valence-electron chi connectivity index (χ4n) is 4.03. The van der Waals surface area contributed by atoms with Gasteiger partial charge in [0.25, 0.3) is 0 Å². The average Bonchev–Trinajstić information content (AvgIpc) is 2.71. The number of ether oxygens (including phenoxy) is 1. The van der Waals surface area contributed by atoms with E-state index in [0.717, 1.165) is 42.3 Å². The fraction of sp³-hybridized carbons (Fsp3) is 1.00. The molecular weight excluding hydrogens is 299 g/mol. The summed E-state index contributed by atoms with van der Waals surface area (Å²) in [7, 11) is 1.93. The summed E-state index contributed by atoms with van der Waals surface area (Å²) >= 11 is 0.769. The average molecular weight is 331 g/mol. The molecule has 2 rings (SSSR count). The van der Waals surface area contributed by atoms with Crippen molar-refractivity contribution in [2.75, 3.05) is 7.11 Å². The minimum atomic E-state index is 0.197. The van der Waals surface area contributed by atoms with Crippen LogP contribution >= 0.6 is 0 Å². The molecule has 0 aromatic rings. The Morgan fingerprint density at radius 1 is 1.21 bits per heavy atom. The van der Waals surface area contributed by atoms with Gasteiger partial charge in [-0.25, -0.2) is 0 Å². The van der Waals surface area contributed by atoms with Crippen LogP contribution < -0.4 is 0 Å². The van der Waals surface area contributed by atoms with Crippen molar-refractivity contribution < 1.29 is 4.74 Å². The third kappa shape index (κ3) is 3.57. The zero-order valence-corrected chi connectivity index (χ0v) is 15.2. The van der Waals surface area contributed by atoms with E-state index in [2.05, 4.69) is 27.7 Å². The SMILES string of the molecule is COC1(C)CCCC1[Se][C@H]1C[C@H](C)CC[C@H]1C(C)C. The van der Waals surface area contributed by atoms with Gasteiger partial charge in [0, 0.05) is 0 Å². The van der Waals surface area contributed by atoms with Gasteiger partial charge >= 0.3 is 126 Å². The monoisotopic (exact) mass is 332 g/mol. The molecule has 0 radical (unpaired) electrons. The van der Waals surface area contributed by atoms with E-state index in [9.17, 15) is 0 Å². The van der Waals surface area contributed by atoms with Gasteiger partial charge in [-0.2, -0.15) is 0 Å². The molecule has 0 bridgehead atoms. The van der Waals surface area contributed by atoms with Crippen LogP contribution in [-0.2, 0) is 4.74 Å². The summed E-state index contributed by atoms with van der Waals surface area (Å²) in [5.41, 5.74) is 0.197. The second-order valence-electron chi connectivity index (χ2n) is 7.40. The fourth-order valence-corrected chi connectivity index (χ4v) is 8.90. The number of methoxy groups -OCH3 is 1. The Morgan fingerprint density at radius 2 is 1.95 bits per heavy atom. The second kappa shape index (κ2) is 6.50. The Labute approximate surface area is 126 Å².